The van der Waals surface area contributed by atoms with Crippen LogP contribution in [0.15, 0.2) is 6.07 Å². The molecule has 0 radical (unpaired) electrons. The van der Waals surface area contributed by atoms with Gasteiger partial charge in [-0.15, -0.1) is 0 Å². The maximum Gasteiger partial charge on any atom is 0.407 e. The van der Waals surface area contributed by atoms with Crippen molar-refractivity contribution in [2.45, 2.75) is 65.0 Å². The Balaban J connectivity index is 2.54. The van der Waals surface area contributed by atoms with Crippen molar-refractivity contribution < 1.29 is 9.53 Å². The van der Waals surface area contributed by atoms with E-state index >= 15 is 0 Å². The van der Waals surface area contributed by atoms with Gasteiger partial charge >= 0.3 is 6.09 Å². The molecule has 0 bridgehead atoms. The van der Waals surface area contributed by atoms with Crippen molar-refractivity contribution >= 4 is 6.09 Å². The van der Waals surface area contributed by atoms with E-state index in [4.69, 9.17) is 10.5 Å². The lowest BCUT2D eigenvalue weighted by Crippen LogP contribution is -2.41. The Labute approximate surface area is 133 Å². The minimum absolute atomic E-state index is 0.00880. The van der Waals surface area contributed by atoms with E-state index in [0.717, 1.165) is 11.4 Å². The number of rotatable bonds is 4. The van der Waals surface area contributed by atoms with Crippen molar-refractivity contribution in [2.75, 3.05) is 6.54 Å². The third kappa shape index (κ3) is 6.05. The molecule has 22 heavy (non-hydrogen) atoms. The maximum atomic E-state index is 11.6. The minimum atomic E-state index is -0.502. The number of nitrogens with one attached hydrogen (secondary N) is 1. The molecule has 1 heterocycles. The Bertz CT molecular complexity index is 509. The van der Waals surface area contributed by atoms with Gasteiger partial charge in [0.05, 0.1) is 5.69 Å². The molecule has 0 saturated carbocycles. The quantitative estimate of drug-likeness (QED) is 0.892. The van der Waals surface area contributed by atoms with Crippen molar-refractivity contribution in [3.63, 3.8) is 0 Å². The Morgan fingerprint density at radius 3 is 2.41 bits per heavy atom. The summed E-state index contributed by atoms with van der Waals surface area (Å²) in [5.74, 6) is 0. The number of aromatic nitrogens is 2. The van der Waals surface area contributed by atoms with Gasteiger partial charge in [-0.25, -0.2) is 4.79 Å². The number of hydrogen-bond acceptors (Lipinski definition) is 4. The van der Waals surface area contributed by atoms with E-state index in [0.29, 0.717) is 13.0 Å². The highest BCUT2D eigenvalue weighted by molar-refractivity contribution is 5.67. The number of alkyl carbamates (subject to hydrolysis) is 1. The molecule has 6 heteroatoms. The van der Waals surface area contributed by atoms with Crippen LogP contribution in [0.3, 0.4) is 0 Å². The summed E-state index contributed by atoms with van der Waals surface area (Å²) in [6, 6.07) is 1.89. The van der Waals surface area contributed by atoms with E-state index in [-0.39, 0.29) is 11.5 Å². The van der Waals surface area contributed by atoms with Crippen molar-refractivity contribution in [3.05, 3.63) is 17.5 Å². The van der Waals surface area contributed by atoms with E-state index in [1.54, 1.807) is 0 Å². The molecular weight excluding hydrogens is 280 g/mol. The van der Waals surface area contributed by atoms with Gasteiger partial charge in [0.25, 0.3) is 0 Å². The molecule has 0 aromatic carbocycles. The van der Waals surface area contributed by atoms with Crippen molar-refractivity contribution in [1.82, 2.24) is 15.1 Å². The average molecular weight is 310 g/mol. The van der Waals surface area contributed by atoms with Gasteiger partial charge in [-0.05, 0) is 26.8 Å². The predicted octanol–water partition coefficient (Wildman–Crippen LogP) is 2.11. The number of carbonyl (C=O) groups is 1. The van der Waals surface area contributed by atoms with Crippen LogP contribution >= 0.6 is 0 Å². The van der Waals surface area contributed by atoms with Crippen LogP contribution in [0, 0.1) is 0 Å². The summed E-state index contributed by atoms with van der Waals surface area (Å²) in [4.78, 5) is 11.6. The van der Waals surface area contributed by atoms with Gasteiger partial charge in [0, 0.05) is 37.2 Å². The van der Waals surface area contributed by atoms with Gasteiger partial charge in [-0.2, -0.15) is 5.10 Å². The Kier molecular flexibility index (Phi) is 5.62. The zero-order chi connectivity index (χ0) is 17.1. The molecule has 1 rings (SSSR count). The van der Waals surface area contributed by atoms with Crippen LogP contribution in [-0.4, -0.2) is 34.1 Å². The molecule has 3 N–H and O–H groups in total. The molecule has 0 aliphatic carbocycles. The Morgan fingerprint density at radius 1 is 1.36 bits per heavy atom. The van der Waals surface area contributed by atoms with Gasteiger partial charge in [0.2, 0.25) is 0 Å². The monoisotopic (exact) mass is 310 g/mol. The number of hydrogen-bond donors (Lipinski definition) is 2. The fraction of sp³-hybridized carbons (Fsp3) is 0.750. The highest BCUT2D eigenvalue weighted by Crippen LogP contribution is 2.21. The van der Waals surface area contributed by atoms with Gasteiger partial charge in [0.1, 0.15) is 5.60 Å². The second kappa shape index (κ2) is 6.69. The first-order valence-corrected chi connectivity index (χ1v) is 7.64. The molecule has 1 atom stereocenters. The number of amides is 1. The molecule has 0 spiro atoms. The maximum absolute atomic E-state index is 11.6. The third-order valence-corrected chi connectivity index (χ3v) is 3.12. The van der Waals surface area contributed by atoms with Crippen molar-refractivity contribution in [3.8, 4) is 0 Å². The van der Waals surface area contributed by atoms with Crippen LogP contribution in [0.4, 0.5) is 4.79 Å². The molecule has 0 aliphatic rings. The fourth-order valence-corrected chi connectivity index (χ4v) is 1.93. The van der Waals surface area contributed by atoms with E-state index < -0.39 is 11.7 Å². The molecule has 1 aromatic rings. The van der Waals surface area contributed by atoms with Crippen LogP contribution in [-0.2, 0) is 23.6 Å². The molecule has 126 valence electrons. The van der Waals surface area contributed by atoms with E-state index in [1.165, 1.54) is 0 Å². The number of nitrogens with zero attached hydrogens (tertiary/aromatic N) is 2. The average Bonchev–Trinajstić information content (AvgIpc) is 2.66. The van der Waals surface area contributed by atoms with Gasteiger partial charge in [-0.1, -0.05) is 20.8 Å². The first kappa shape index (κ1) is 18.5. The van der Waals surface area contributed by atoms with Crippen molar-refractivity contribution in [2.24, 2.45) is 12.8 Å². The first-order valence-electron chi connectivity index (χ1n) is 7.64. The second-order valence-corrected chi connectivity index (χ2v) is 7.74. The first-order chi connectivity index (χ1) is 9.88. The smallest absolute Gasteiger partial charge is 0.407 e. The summed E-state index contributed by atoms with van der Waals surface area (Å²) in [6.07, 6.45) is 0.207. The van der Waals surface area contributed by atoms with Gasteiger partial charge in [0.15, 0.2) is 0 Å². The summed E-state index contributed by atoms with van der Waals surface area (Å²) in [6.45, 7) is 12.2. The van der Waals surface area contributed by atoms with Crippen molar-refractivity contribution in [1.29, 1.82) is 0 Å². The van der Waals surface area contributed by atoms with E-state index in [2.05, 4.69) is 37.3 Å². The molecule has 1 unspecified atom stereocenters. The number of ether oxygens (including phenoxy) is 1. The van der Waals surface area contributed by atoms with Gasteiger partial charge in [-0.3, -0.25) is 4.68 Å². The molecule has 6 nitrogen and oxygen atoms in total. The topological polar surface area (TPSA) is 82.2 Å². The zero-order valence-electron chi connectivity index (χ0n) is 14.9. The molecule has 1 aromatic heterocycles. The second-order valence-electron chi connectivity index (χ2n) is 7.74. The Morgan fingerprint density at radius 2 is 1.95 bits per heavy atom. The minimum Gasteiger partial charge on any atom is -0.444 e. The summed E-state index contributed by atoms with van der Waals surface area (Å²) in [7, 11) is 1.92. The number of carbonyl (C=O) groups excluding carboxylic acids is 1. The summed E-state index contributed by atoms with van der Waals surface area (Å²) >= 11 is 0. The lowest BCUT2D eigenvalue weighted by Gasteiger charge is -2.20. The fourth-order valence-electron chi connectivity index (χ4n) is 1.93. The summed E-state index contributed by atoms with van der Waals surface area (Å²) in [5, 5.41) is 7.23. The SMILES string of the molecule is Cn1nc(C(C)(C)C)cc1CC(N)CNC(=O)OC(C)(C)C. The standard InChI is InChI=1S/C16H30N4O2/c1-15(2,3)13-9-12(20(7)19-13)8-11(17)10-18-14(21)22-16(4,5)6/h9,11H,8,10,17H2,1-7H3,(H,18,21). The Hall–Kier alpha value is -1.56. The van der Waals surface area contributed by atoms with Crippen LogP contribution in [0.1, 0.15) is 52.9 Å². The van der Waals surface area contributed by atoms with Crippen LogP contribution < -0.4 is 11.1 Å². The highest BCUT2D eigenvalue weighted by Gasteiger charge is 2.20. The largest absolute Gasteiger partial charge is 0.444 e. The van der Waals surface area contributed by atoms with Crippen LogP contribution in [0.25, 0.3) is 0 Å². The third-order valence-electron chi connectivity index (χ3n) is 3.12. The normalized spacial score (nSPS) is 13.8. The lowest BCUT2D eigenvalue weighted by molar-refractivity contribution is 0.0524. The summed E-state index contributed by atoms with van der Waals surface area (Å²) in [5.41, 5.74) is 7.70. The van der Waals surface area contributed by atoms with Crippen LogP contribution in [0.2, 0.25) is 0 Å². The number of aryl methyl sites for hydroxylation is 1. The molecule has 0 aliphatic heterocycles. The molecule has 0 fully saturated rings. The summed E-state index contributed by atoms with van der Waals surface area (Å²) < 4.78 is 7.04. The van der Waals surface area contributed by atoms with Crippen LogP contribution in [0.5, 0.6) is 0 Å². The predicted molar refractivity (Wildman–Crippen MR) is 87.8 cm³/mol. The molecule has 0 saturated heterocycles. The molecule has 1 amide bonds. The van der Waals surface area contributed by atoms with E-state index in [1.807, 2.05) is 32.5 Å². The highest BCUT2D eigenvalue weighted by atomic mass is 16.6. The van der Waals surface area contributed by atoms with E-state index in [9.17, 15) is 4.79 Å². The lowest BCUT2D eigenvalue weighted by atomic mass is 9.92. The number of nitrogens with two attached hydrogens (primary N) is 1. The molecular formula is C16H30N4O2. The zero-order valence-corrected chi connectivity index (χ0v) is 14.9. The van der Waals surface area contributed by atoms with Gasteiger partial charge < -0.3 is 15.8 Å².